The van der Waals surface area contributed by atoms with Gasteiger partial charge in [0.1, 0.15) is 5.57 Å². The van der Waals surface area contributed by atoms with Gasteiger partial charge in [0.05, 0.1) is 6.61 Å². The number of aryl methyl sites for hydroxylation is 1. The van der Waals surface area contributed by atoms with Crippen LogP contribution in [0.3, 0.4) is 0 Å². The monoisotopic (exact) mass is 348 g/mol. The fourth-order valence-corrected chi connectivity index (χ4v) is 3.54. The number of hydrogen-bond donors (Lipinski definition) is 0. The van der Waals surface area contributed by atoms with Crippen LogP contribution in [-0.2, 0) is 14.3 Å². The standard InChI is InChI=1S/C20H25ClO3/c1-14-8-4-5-9-15(14)16-17(23-13-19(2,3)12-21)20(24-18(16)22)10-6-7-11-20/h4-5,8-9H,6-7,10-13H2,1-3H3. The summed E-state index contributed by atoms with van der Waals surface area (Å²) in [6.07, 6.45) is 3.79. The zero-order valence-corrected chi connectivity index (χ0v) is 15.4. The Labute approximate surface area is 149 Å². The normalized spacial score (nSPS) is 19.9. The molecule has 24 heavy (non-hydrogen) atoms. The van der Waals surface area contributed by atoms with E-state index in [1.807, 2.05) is 31.2 Å². The molecule has 1 saturated carbocycles. The molecular formula is C20H25ClO3. The van der Waals surface area contributed by atoms with E-state index in [0.29, 0.717) is 18.1 Å². The van der Waals surface area contributed by atoms with Gasteiger partial charge in [-0.2, -0.15) is 0 Å². The maximum absolute atomic E-state index is 12.7. The van der Waals surface area contributed by atoms with Gasteiger partial charge in [-0.3, -0.25) is 0 Å². The van der Waals surface area contributed by atoms with Gasteiger partial charge in [-0.25, -0.2) is 4.79 Å². The van der Waals surface area contributed by atoms with Gasteiger partial charge in [-0.15, -0.1) is 11.6 Å². The van der Waals surface area contributed by atoms with Crippen molar-refractivity contribution in [2.75, 3.05) is 12.5 Å². The Morgan fingerprint density at radius 2 is 1.92 bits per heavy atom. The summed E-state index contributed by atoms with van der Waals surface area (Å²) < 4.78 is 12.1. The number of hydrogen-bond acceptors (Lipinski definition) is 3. The molecule has 3 rings (SSSR count). The number of halogens is 1. The molecule has 0 amide bonds. The maximum Gasteiger partial charge on any atom is 0.343 e. The van der Waals surface area contributed by atoms with Gasteiger partial charge in [-0.1, -0.05) is 38.1 Å². The predicted molar refractivity (Wildman–Crippen MR) is 95.8 cm³/mol. The molecule has 0 saturated heterocycles. The summed E-state index contributed by atoms with van der Waals surface area (Å²) in [6.45, 7) is 6.61. The average Bonchev–Trinajstić information content (AvgIpc) is 3.11. The molecule has 0 unspecified atom stereocenters. The summed E-state index contributed by atoms with van der Waals surface area (Å²) >= 11 is 6.04. The second-order valence-electron chi connectivity index (χ2n) is 7.70. The van der Waals surface area contributed by atoms with Gasteiger partial charge in [0.15, 0.2) is 11.4 Å². The van der Waals surface area contributed by atoms with Gasteiger partial charge in [-0.05, 0) is 43.7 Å². The first-order chi connectivity index (χ1) is 11.4. The van der Waals surface area contributed by atoms with Crippen molar-refractivity contribution in [3.63, 3.8) is 0 Å². The molecule has 4 heteroatoms. The lowest BCUT2D eigenvalue weighted by atomic mass is 9.92. The summed E-state index contributed by atoms with van der Waals surface area (Å²) in [5.74, 6) is 0.962. The van der Waals surface area contributed by atoms with Crippen molar-refractivity contribution in [3.05, 3.63) is 41.2 Å². The quantitative estimate of drug-likeness (QED) is 0.563. The topological polar surface area (TPSA) is 35.5 Å². The lowest BCUT2D eigenvalue weighted by molar-refractivity contribution is -0.147. The van der Waals surface area contributed by atoms with Crippen molar-refractivity contribution in [1.29, 1.82) is 0 Å². The Morgan fingerprint density at radius 1 is 1.25 bits per heavy atom. The largest absolute Gasteiger partial charge is 0.492 e. The lowest BCUT2D eigenvalue weighted by Crippen LogP contribution is -2.31. The number of ether oxygens (including phenoxy) is 2. The molecule has 1 fully saturated rings. The van der Waals surface area contributed by atoms with E-state index in [0.717, 1.165) is 42.6 Å². The highest BCUT2D eigenvalue weighted by molar-refractivity contribution is 6.20. The Balaban J connectivity index is 2.05. The zero-order valence-electron chi connectivity index (χ0n) is 14.7. The van der Waals surface area contributed by atoms with E-state index >= 15 is 0 Å². The van der Waals surface area contributed by atoms with Crippen molar-refractivity contribution in [2.45, 2.75) is 52.1 Å². The Hall–Kier alpha value is -1.48. The highest BCUT2D eigenvalue weighted by atomic mass is 35.5. The SMILES string of the molecule is Cc1ccccc1C1=C(OCC(C)(C)CCl)C2(CCCC2)OC1=O. The van der Waals surface area contributed by atoms with Crippen LogP contribution in [0.15, 0.2) is 30.0 Å². The molecule has 130 valence electrons. The third-order valence-electron chi connectivity index (χ3n) is 4.93. The average molecular weight is 349 g/mol. The van der Waals surface area contributed by atoms with Crippen LogP contribution in [0.25, 0.3) is 5.57 Å². The third-order valence-corrected chi connectivity index (χ3v) is 5.65. The molecule has 1 heterocycles. The molecule has 3 nitrogen and oxygen atoms in total. The van der Waals surface area contributed by atoms with Crippen molar-refractivity contribution in [2.24, 2.45) is 5.41 Å². The van der Waals surface area contributed by atoms with Gasteiger partial charge in [0.2, 0.25) is 0 Å². The van der Waals surface area contributed by atoms with Crippen molar-refractivity contribution in [1.82, 2.24) is 0 Å². The summed E-state index contributed by atoms with van der Waals surface area (Å²) in [5.41, 5.74) is 1.83. The Morgan fingerprint density at radius 3 is 2.54 bits per heavy atom. The minimum Gasteiger partial charge on any atom is -0.492 e. The molecule has 1 aliphatic carbocycles. The van der Waals surface area contributed by atoms with Crippen molar-refractivity contribution < 1.29 is 14.3 Å². The molecular weight excluding hydrogens is 324 g/mol. The Bertz CT molecular complexity index is 669. The molecule has 0 radical (unpaired) electrons. The summed E-state index contributed by atoms with van der Waals surface area (Å²) in [4.78, 5) is 12.7. The van der Waals surface area contributed by atoms with Crippen LogP contribution >= 0.6 is 11.6 Å². The minimum atomic E-state index is -0.572. The third kappa shape index (κ3) is 3.06. The predicted octanol–water partition coefficient (Wildman–Crippen LogP) is 4.86. The van der Waals surface area contributed by atoms with E-state index < -0.39 is 5.60 Å². The second-order valence-corrected chi connectivity index (χ2v) is 7.96. The van der Waals surface area contributed by atoms with Crippen LogP contribution in [0.5, 0.6) is 0 Å². The van der Waals surface area contributed by atoms with E-state index in [1.165, 1.54) is 0 Å². The first-order valence-corrected chi connectivity index (χ1v) is 9.15. The van der Waals surface area contributed by atoms with Gasteiger partial charge < -0.3 is 9.47 Å². The second kappa shape index (κ2) is 6.44. The highest BCUT2D eigenvalue weighted by Crippen LogP contribution is 2.48. The number of carbonyl (C=O) groups is 1. The van der Waals surface area contributed by atoms with E-state index in [9.17, 15) is 4.79 Å². The smallest absolute Gasteiger partial charge is 0.343 e. The number of carbonyl (C=O) groups excluding carboxylic acids is 1. The molecule has 1 aromatic rings. The van der Waals surface area contributed by atoms with Crippen LogP contribution in [0.4, 0.5) is 0 Å². The Kier molecular flexibility index (Phi) is 4.65. The number of benzene rings is 1. The highest BCUT2D eigenvalue weighted by Gasteiger charge is 2.51. The van der Waals surface area contributed by atoms with Gasteiger partial charge in [0, 0.05) is 11.3 Å². The lowest BCUT2D eigenvalue weighted by Gasteiger charge is -2.29. The molecule has 1 aliphatic heterocycles. The molecule has 2 aliphatic rings. The zero-order chi connectivity index (χ0) is 17.4. The first-order valence-electron chi connectivity index (χ1n) is 8.61. The fourth-order valence-electron chi connectivity index (χ4n) is 3.47. The molecule has 0 bridgehead atoms. The molecule has 0 N–H and O–H groups in total. The van der Waals surface area contributed by atoms with Crippen molar-refractivity contribution >= 4 is 23.1 Å². The minimum absolute atomic E-state index is 0.156. The molecule has 1 aromatic carbocycles. The summed E-state index contributed by atoms with van der Waals surface area (Å²) in [6, 6.07) is 7.90. The van der Waals surface area contributed by atoms with Crippen molar-refractivity contribution in [3.8, 4) is 0 Å². The fraction of sp³-hybridized carbons (Fsp3) is 0.550. The van der Waals surface area contributed by atoms with E-state index in [-0.39, 0.29) is 11.4 Å². The maximum atomic E-state index is 12.7. The van der Waals surface area contributed by atoms with Crippen LogP contribution in [0.1, 0.15) is 50.7 Å². The van der Waals surface area contributed by atoms with E-state index in [2.05, 4.69) is 13.8 Å². The van der Waals surface area contributed by atoms with Crippen LogP contribution < -0.4 is 0 Å². The molecule has 1 spiro atoms. The molecule has 0 atom stereocenters. The number of esters is 1. The van der Waals surface area contributed by atoms with Crippen LogP contribution in [-0.4, -0.2) is 24.1 Å². The summed E-state index contributed by atoms with van der Waals surface area (Å²) in [5, 5.41) is 0. The van der Waals surface area contributed by atoms with E-state index in [1.54, 1.807) is 0 Å². The molecule has 0 aromatic heterocycles. The van der Waals surface area contributed by atoms with Gasteiger partial charge in [0.25, 0.3) is 0 Å². The van der Waals surface area contributed by atoms with Crippen LogP contribution in [0.2, 0.25) is 0 Å². The van der Waals surface area contributed by atoms with Crippen LogP contribution in [0, 0.1) is 12.3 Å². The first kappa shape index (κ1) is 17.3. The summed E-state index contributed by atoms with van der Waals surface area (Å²) in [7, 11) is 0. The number of alkyl halides is 1. The number of rotatable bonds is 5. The van der Waals surface area contributed by atoms with E-state index in [4.69, 9.17) is 21.1 Å². The van der Waals surface area contributed by atoms with Gasteiger partial charge >= 0.3 is 5.97 Å².